The molecule has 0 saturated carbocycles. The highest BCUT2D eigenvalue weighted by atomic mass is 16.2. The maximum Gasteiger partial charge on any atom is 0.317 e. The van der Waals surface area contributed by atoms with Crippen LogP contribution in [-0.4, -0.2) is 31.1 Å². The number of hydrogen-bond donors (Lipinski definition) is 1. The van der Waals surface area contributed by atoms with Gasteiger partial charge in [-0.15, -0.1) is 0 Å². The van der Waals surface area contributed by atoms with Gasteiger partial charge in [0.05, 0.1) is 0 Å². The summed E-state index contributed by atoms with van der Waals surface area (Å²) in [6.45, 7) is 3.94. The van der Waals surface area contributed by atoms with Crippen molar-refractivity contribution in [2.24, 2.45) is 5.92 Å². The van der Waals surface area contributed by atoms with Crippen LogP contribution in [0.15, 0.2) is 30.3 Å². The minimum Gasteiger partial charge on any atom is -0.341 e. The number of carbonyl (C=O) groups is 1. The van der Waals surface area contributed by atoms with E-state index in [1.165, 1.54) is 5.56 Å². The van der Waals surface area contributed by atoms with Crippen LogP contribution in [0.3, 0.4) is 0 Å². The van der Waals surface area contributed by atoms with Gasteiger partial charge in [0.15, 0.2) is 0 Å². The van der Waals surface area contributed by atoms with Gasteiger partial charge in [0.1, 0.15) is 0 Å². The molecule has 1 aromatic carbocycles. The van der Waals surface area contributed by atoms with Crippen molar-refractivity contribution >= 4 is 6.03 Å². The molecule has 1 aromatic rings. The SMILES string of the molecule is CCC1CN(C(=O)NC)CCC1c1ccccc1. The van der Waals surface area contributed by atoms with Crippen molar-refractivity contribution in [1.29, 1.82) is 0 Å². The molecule has 0 radical (unpaired) electrons. The Balaban J connectivity index is 2.09. The lowest BCUT2D eigenvalue weighted by atomic mass is 9.79. The molecule has 3 heteroatoms. The average molecular weight is 246 g/mol. The van der Waals surface area contributed by atoms with Crippen LogP contribution in [0.2, 0.25) is 0 Å². The van der Waals surface area contributed by atoms with Crippen LogP contribution >= 0.6 is 0 Å². The van der Waals surface area contributed by atoms with Crippen molar-refractivity contribution in [2.45, 2.75) is 25.7 Å². The molecule has 1 fully saturated rings. The average Bonchev–Trinajstić information content (AvgIpc) is 2.46. The summed E-state index contributed by atoms with van der Waals surface area (Å²) in [6, 6.07) is 10.7. The van der Waals surface area contributed by atoms with E-state index in [4.69, 9.17) is 0 Å². The molecule has 2 unspecified atom stereocenters. The van der Waals surface area contributed by atoms with Crippen LogP contribution in [0.25, 0.3) is 0 Å². The third-order valence-electron chi connectivity index (χ3n) is 3.99. The molecule has 2 rings (SSSR count). The molecule has 0 aromatic heterocycles. The molecular weight excluding hydrogens is 224 g/mol. The first-order valence-corrected chi connectivity index (χ1v) is 6.77. The summed E-state index contributed by atoms with van der Waals surface area (Å²) in [6.07, 6.45) is 2.18. The van der Waals surface area contributed by atoms with Crippen LogP contribution < -0.4 is 5.32 Å². The molecule has 1 N–H and O–H groups in total. The van der Waals surface area contributed by atoms with Gasteiger partial charge >= 0.3 is 6.03 Å². The van der Waals surface area contributed by atoms with Gasteiger partial charge in [-0.3, -0.25) is 0 Å². The number of urea groups is 1. The lowest BCUT2D eigenvalue weighted by Crippen LogP contribution is -2.46. The quantitative estimate of drug-likeness (QED) is 0.855. The molecular formula is C15H22N2O. The summed E-state index contributed by atoms with van der Waals surface area (Å²) in [5.74, 6) is 1.16. The zero-order valence-corrected chi connectivity index (χ0v) is 11.2. The zero-order chi connectivity index (χ0) is 13.0. The van der Waals surface area contributed by atoms with E-state index in [1.54, 1.807) is 7.05 Å². The predicted molar refractivity (Wildman–Crippen MR) is 73.6 cm³/mol. The van der Waals surface area contributed by atoms with Gasteiger partial charge in [0.2, 0.25) is 0 Å². The van der Waals surface area contributed by atoms with Crippen molar-refractivity contribution in [1.82, 2.24) is 10.2 Å². The third-order valence-corrected chi connectivity index (χ3v) is 3.99. The molecule has 1 aliphatic rings. The highest BCUT2D eigenvalue weighted by Crippen LogP contribution is 2.34. The standard InChI is InChI=1S/C15H22N2O/c1-3-12-11-17(15(18)16-2)10-9-14(12)13-7-5-4-6-8-13/h4-8,12,14H,3,9-11H2,1-2H3,(H,16,18). The summed E-state index contributed by atoms with van der Waals surface area (Å²) in [5.41, 5.74) is 1.42. The lowest BCUT2D eigenvalue weighted by molar-refractivity contribution is 0.153. The molecule has 3 nitrogen and oxygen atoms in total. The highest BCUT2D eigenvalue weighted by Gasteiger charge is 2.30. The van der Waals surface area contributed by atoms with Crippen molar-refractivity contribution in [3.63, 3.8) is 0 Å². The largest absolute Gasteiger partial charge is 0.341 e. The number of rotatable bonds is 2. The van der Waals surface area contributed by atoms with E-state index in [2.05, 4.69) is 42.6 Å². The molecule has 2 atom stereocenters. The summed E-state index contributed by atoms with van der Waals surface area (Å²) >= 11 is 0. The van der Waals surface area contributed by atoms with Gasteiger partial charge in [-0.05, 0) is 23.8 Å². The fraction of sp³-hybridized carbons (Fsp3) is 0.533. The van der Waals surface area contributed by atoms with Gasteiger partial charge in [0, 0.05) is 20.1 Å². The maximum atomic E-state index is 11.7. The summed E-state index contributed by atoms with van der Waals surface area (Å²) in [5, 5.41) is 2.72. The molecule has 1 saturated heterocycles. The molecule has 98 valence electrons. The van der Waals surface area contributed by atoms with E-state index < -0.39 is 0 Å². The van der Waals surface area contributed by atoms with Crippen LogP contribution in [0.5, 0.6) is 0 Å². The minimum atomic E-state index is 0.0555. The summed E-state index contributed by atoms with van der Waals surface area (Å²) in [7, 11) is 1.70. The molecule has 18 heavy (non-hydrogen) atoms. The van der Waals surface area contributed by atoms with E-state index in [1.807, 2.05) is 4.90 Å². The predicted octanol–water partition coefficient (Wildman–Crippen LogP) is 2.84. The number of nitrogens with one attached hydrogen (secondary N) is 1. The second-order valence-corrected chi connectivity index (χ2v) is 4.98. The number of likely N-dealkylation sites (tertiary alicyclic amines) is 1. The molecule has 0 aliphatic carbocycles. The normalized spacial score (nSPS) is 23.8. The second-order valence-electron chi connectivity index (χ2n) is 4.98. The Morgan fingerprint density at radius 3 is 2.72 bits per heavy atom. The van der Waals surface area contributed by atoms with Gasteiger partial charge in [-0.2, -0.15) is 0 Å². The van der Waals surface area contributed by atoms with E-state index in [9.17, 15) is 4.79 Å². The van der Waals surface area contributed by atoms with Gasteiger partial charge in [0.25, 0.3) is 0 Å². The molecule has 1 heterocycles. The Kier molecular flexibility index (Phi) is 4.24. The first-order chi connectivity index (χ1) is 8.76. The van der Waals surface area contributed by atoms with Crippen molar-refractivity contribution in [3.05, 3.63) is 35.9 Å². The summed E-state index contributed by atoms with van der Waals surface area (Å²) < 4.78 is 0. The number of benzene rings is 1. The second kappa shape index (κ2) is 5.89. The smallest absolute Gasteiger partial charge is 0.317 e. The van der Waals surface area contributed by atoms with Gasteiger partial charge < -0.3 is 10.2 Å². The van der Waals surface area contributed by atoms with Gasteiger partial charge in [-0.25, -0.2) is 4.79 Å². The number of amides is 2. The van der Waals surface area contributed by atoms with E-state index in [0.29, 0.717) is 11.8 Å². The van der Waals surface area contributed by atoms with E-state index >= 15 is 0 Å². The van der Waals surface area contributed by atoms with Crippen LogP contribution in [-0.2, 0) is 0 Å². The van der Waals surface area contributed by atoms with Gasteiger partial charge in [-0.1, -0.05) is 43.7 Å². The lowest BCUT2D eigenvalue weighted by Gasteiger charge is -2.38. The van der Waals surface area contributed by atoms with Crippen LogP contribution in [0, 0.1) is 5.92 Å². The Bertz CT molecular complexity index is 391. The number of nitrogens with zero attached hydrogens (tertiary/aromatic N) is 1. The third kappa shape index (κ3) is 2.66. The topological polar surface area (TPSA) is 32.3 Å². The van der Waals surface area contributed by atoms with Crippen molar-refractivity contribution < 1.29 is 4.79 Å². The first kappa shape index (κ1) is 12.9. The maximum absolute atomic E-state index is 11.7. The molecule has 2 amide bonds. The van der Waals surface area contributed by atoms with Crippen LogP contribution in [0.4, 0.5) is 4.79 Å². The fourth-order valence-corrected chi connectivity index (χ4v) is 2.93. The van der Waals surface area contributed by atoms with Crippen LogP contribution in [0.1, 0.15) is 31.2 Å². The Morgan fingerprint density at radius 2 is 2.11 bits per heavy atom. The fourth-order valence-electron chi connectivity index (χ4n) is 2.93. The summed E-state index contributed by atoms with van der Waals surface area (Å²) in [4.78, 5) is 13.6. The highest BCUT2D eigenvalue weighted by molar-refractivity contribution is 5.73. The molecule has 0 bridgehead atoms. The number of hydrogen-bond acceptors (Lipinski definition) is 1. The number of piperidine rings is 1. The van der Waals surface area contributed by atoms with E-state index in [0.717, 1.165) is 25.9 Å². The van der Waals surface area contributed by atoms with E-state index in [-0.39, 0.29) is 6.03 Å². The number of carbonyl (C=O) groups excluding carboxylic acids is 1. The molecule has 0 spiro atoms. The monoisotopic (exact) mass is 246 g/mol. The Hall–Kier alpha value is -1.51. The minimum absolute atomic E-state index is 0.0555. The molecule has 1 aliphatic heterocycles. The zero-order valence-electron chi connectivity index (χ0n) is 11.2. The van der Waals surface area contributed by atoms with Crippen molar-refractivity contribution in [3.8, 4) is 0 Å². The Labute approximate surface area is 109 Å². The Morgan fingerprint density at radius 1 is 1.39 bits per heavy atom. The van der Waals surface area contributed by atoms with Crippen molar-refractivity contribution in [2.75, 3.05) is 20.1 Å². The first-order valence-electron chi connectivity index (χ1n) is 6.77.